The van der Waals surface area contributed by atoms with Crippen LogP contribution in [0.5, 0.6) is 0 Å². The van der Waals surface area contributed by atoms with E-state index in [0.29, 0.717) is 19.1 Å². The summed E-state index contributed by atoms with van der Waals surface area (Å²) in [5.74, 6) is 0.540. The summed E-state index contributed by atoms with van der Waals surface area (Å²) < 4.78 is 6.81. The van der Waals surface area contributed by atoms with E-state index >= 15 is 0 Å². The first-order valence-corrected chi connectivity index (χ1v) is 7.12. The molecular weight excluding hydrogens is 276 g/mol. The van der Waals surface area contributed by atoms with E-state index in [-0.39, 0.29) is 12.2 Å². The van der Waals surface area contributed by atoms with Gasteiger partial charge in [0, 0.05) is 19.8 Å². The number of hydrogen-bond acceptors (Lipinski definition) is 6. The van der Waals surface area contributed by atoms with E-state index in [1.54, 1.807) is 0 Å². The molecule has 1 aromatic heterocycles. The summed E-state index contributed by atoms with van der Waals surface area (Å²) in [6.45, 7) is 7.08. The quantitative estimate of drug-likeness (QED) is 0.356. The minimum Gasteiger partial charge on any atom is -0.390 e. The minimum absolute atomic E-state index is 0.0718. The predicted molar refractivity (Wildman–Crippen MR) is 78.0 cm³/mol. The van der Waals surface area contributed by atoms with Gasteiger partial charge < -0.3 is 15.2 Å². The van der Waals surface area contributed by atoms with Crippen molar-refractivity contribution in [3.63, 3.8) is 0 Å². The normalized spacial score (nSPS) is 12.8. The van der Waals surface area contributed by atoms with Crippen molar-refractivity contribution in [3.8, 4) is 0 Å². The number of aromatic nitrogens is 2. The third kappa shape index (κ3) is 7.74. The number of nitrogens with one attached hydrogen (secondary N) is 1. The number of ether oxygens (including phenoxy) is 1. The maximum atomic E-state index is 10.5. The smallest absolute Gasteiger partial charge is 0.306 e. The molecule has 8 heteroatoms. The highest BCUT2D eigenvalue weighted by Crippen LogP contribution is 2.07. The third-order valence-corrected chi connectivity index (χ3v) is 2.70. The molecule has 0 aromatic carbocycles. The highest BCUT2D eigenvalue weighted by atomic mass is 16.6. The predicted octanol–water partition coefficient (Wildman–Crippen LogP) is 0.804. The van der Waals surface area contributed by atoms with Gasteiger partial charge in [-0.05, 0) is 18.9 Å². The van der Waals surface area contributed by atoms with E-state index in [9.17, 15) is 15.2 Å². The van der Waals surface area contributed by atoms with Crippen LogP contribution < -0.4 is 5.32 Å². The van der Waals surface area contributed by atoms with E-state index in [1.807, 2.05) is 0 Å². The molecule has 1 atom stereocenters. The molecule has 1 heterocycles. The highest BCUT2D eigenvalue weighted by Gasteiger charge is 2.11. The van der Waals surface area contributed by atoms with Gasteiger partial charge in [-0.2, -0.15) is 5.10 Å². The van der Waals surface area contributed by atoms with Crippen molar-refractivity contribution < 1.29 is 14.8 Å². The van der Waals surface area contributed by atoms with Crippen LogP contribution in [-0.4, -0.2) is 52.2 Å². The topological polar surface area (TPSA) is 102 Å². The summed E-state index contributed by atoms with van der Waals surface area (Å²) in [6.07, 6.45) is 2.73. The van der Waals surface area contributed by atoms with Crippen molar-refractivity contribution in [1.82, 2.24) is 15.1 Å². The molecule has 0 bridgehead atoms. The number of aliphatic hydroxyl groups excluding tert-OH is 1. The van der Waals surface area contributed by atoms with Gasteiger partial charge in [-0.15, -0.1) is 0 Å². The van der Waals surface area contributed by atoms with Crippen molar-refractivity contribution in [2.75, 3.05) is 26.3 Å². The Morgan fingerprint density at radius 3 is 2.95 bits per heavy atom. The lowest BCUT2D eigenvalue weighted by atomic mass is 10.2. The summed E-state index contributed by atoms with van der Waals surface area (Å²) in [6, 6.07) is 0. The fourth-order valence-electron chi connectivity index (χ4n) is 1.71. The largest absolute Gasteiger partial charge is 0.390 e. The summed E-state index contributed by atoms with van der Waals surface area (Å²) in [5.41, 5.74) is -0.0718. The Hall–Kier alpha value is -1.51. The first-order chi connectivity index (χ1) is 9.99. The molecule has 0 saturated heterocycles. The first kappa shape index (κ1) is 17.5. The number of nitrogens with zero attached hydrogens (tertiary/aromatic N) is 3. The van der Waals surface area contributed by atoms with Gasteiger partial charge in [-0.25, -0.2) is 0 Å². The van der Waals surface area contributed by atoms with E-state index in [1.165, 1.54) is 17.1 Å². The van der Waals surface area contributed by atoms with E-state index in [2.05, 4.69) is 24.3 Å². The maximum absolute atomic E-state index is 10.5. The van der Waals surface area contributed by atoms with Crippen molar-refractivity contribution >= 4 is 5.69 Å². The van der Waals surface area contributed by atoms with Crippen LogP contribution in [0.15, 0.2) is 12.4 Å². The Labute approximate surface area is 124 Å². The lowest BCUT2D eigenvalue weighted by molar-refractivity contribution is -0.385. The van der Waals surface area contributed by atoms with Gasteiger partial charge >= 0.3 is 5.69 Å². The molecule has 21 heavy (non-hydrogen) atoms. The van der Waals surface area contributed by atoms with Gasteiger partial charge in [0.15, 0.2) is 0 Å². The molecule has 0 saturated carbocycles. The van der Waals surface area contributed by atoms with Crippen LogP contribution in [0.25, 0.3) is 0 Å². The van der Waals surface area contributed by atoms with Gasteiger partial charge in [-0.3, -0.25) is 14.8 Å². The van der Waals surface area contributed by atoms with Crippen LogP contribution in [0.2, 0.25) is 0 Å². The first-order valence-electron chi connectivity index (χ1n) is 7.12. The van der Waals surface area contributed by atoms with Gasteiger partial charge in [-0.1, -0.05) is 13.8 Å². The van der Waals surface area contributed by atoms with Gasteiger partial charge in [0.05, 0.1) is 17.6 Å². The molecule has 0 amide bonds. The second-order valence-electron chi connectivity index (χ2n) is 5.36. The summed E-state index contributed by atoms with van der Waals surface area (Å²) in [7, 11) is 0. The van der Waals surface area contributed by atoms with Crippen LogP contribution >= 0.6 is 0 Å². The van der Waals surface area contributed by atoms with Crippen LogP contribution in [0.3, 0.4) is 0 Å². The highest BCUT2D eigenvalue weighted by molar-refractivity contribution is 5.20. The standard InChI is InChI=1S/C13H24N4O4/c1-11(2)10-21-5-3-4-14-7-13(18)9-16-8-12(6-15-16)17(19)20/h6,8,11,13-14,18H,3-5,7,9-10H2,1-2H3. The summed E-state index contributed by atoms with van der Waals surface area (Å²) in [5, 5.41) is 27.3. The van der Waals surface area contributed by atoms with Crippen LogP contribution in [-0.2, 0) is 11.3 Å². The summed E-state index contributed by atoms with van der Waals surface area (Å²) >= 11 is 0. The lowest BCUT2D eigenvalue weighted by Gasteiger charge is -2.12. The Morgan fingerprint density at radius 1 is 1.57 bits per heavy atom. The lowest BCUT2D eigenvalue weighted by Crippen LogP contribution is -2.31. The minimum atomic E-state index is -0.638. The molecular formula is C13H24N4O4. The van der Waals surface area contributed by atoms with Gasteiger partial charge in [0.2, 0.25) is 0 Å². The second kappa shape index (κ2) is 9.43. The fourth-order valence-corrected chi connectivity index (χ4v) is 1.71. The van der Waals surface area contributed by atoms with E-state index in [4.69, 9.17) is 4.74 Å². The summed E-state index contributed by atoms with van der Waals surface area (Å²) in [4.78, 5) is 10.00. The van der Waals surface area contributed by atoms with Crippen molar-refractivity contribution in [2.45, 2.75) is 32.9 Å². The Kier molecular flexibility index (Phi) is 7.88. The SMILES string of the molecule is CC(C)COCCCNCC(O)Cn1cc([N+](=O)[O-])cn1. The van der Waals surface area contributed by atoms with Crippen LogP contribution in [0, 0.1) is 16.0 Å². The zero-order valence-electron chi connectivity index (χ0n) is 12.6. The van der Waals surface area contributed by atoms with Crippen molar-refractivity contribution in [2.24, 2.45) is 5.92 Å². The Morgan fingerprint density at radius 2 is 2.33 bits per heavy atom. The molecule has 0 aliphatic rings. The molecule has 1 rings (SSSR count). The molecule has 0 aliphatic heterocycles. The molecule has 2 N–H and O–H groups in total. The van der Waals surface area contributed by atoms with E-state index < -0.39 is 11.0 Å². The van der Waals surface area contributed by atoms with Gasteiger partial charge in [0.25, 0.3) is 0 Å². The molecule has 0 radical (unpaired) electrons. The fraction of sp³-hybridized carbons (Fsp3) is 0.769. The monoisotopic (exact) mass is 300 g/mol. The molecule has 1 unspecified atom stereocenters. The van der Waals surface area contributed by atoms with Crippen LogP contribution in [0.4, 0.5) is 5.69 Å². The van der Waals surface area contributed by atoms with Crippen molar-refractivity contribution in [1.29, 1.82) is 0 Å². The number of aliphatic hydroxyl groups is 1. The van der Waals surface area contributed by atoms with E-state index in [0.717, 1.165) is 19.6 Å². The number of hydrogen-bond donors (Lipinski definition) is 2. The molecule has 1 aromatic rings. The van der Waals surface area contributed by atoms with Crippen molar-refractivity contribution in [3.05, 3.63) is 22.5 Å². The molecule has 0 fully saturated rings. The zero-order chi connectivity index (χ0) is 15.7. The second-order valence-corrected chi connectivity index (χ2v) is 5.36. The molecule has 0 aliphatic carbocycles. The zero-order valence-corrected chi connectivity index (χ0v) is 12.6. The molecule has 8 nitrogen and oxygen atoms in total. The van der Waals surface area contributed by atoms with Crippen LogP contribution in [0.1, 0.15) is 20.3 Å². The average Bonchev–Trinajstić information content (AvgIpc) is 2.86. The molecule has 120 valence electrons. The Bertz CT molecular complexity index is 422. The maximum Gasteiger partial charge on any atom is 0.306 e. The van der Waals surface area contributed by atoms with Gasteiger partial charge in [0.1, 0.15) is 12.4 Å². The molecule has 0 spiro atoms. The third-order valence-electron chi connectivity index (χ3n) is 2.70. The average molecular weight is 300 g/mol. The number of rotatable bonds is 11. The number of nitro groups is 1. The Balaban J connectivity index is 2.08.